The monoisotopic (exact) mass is 95.0 g/mol. The second kappa shape index (κ2) is 2.91. The summed E-state index contributed by atoms with van der Waals surface area (Å²) in [6.07, 6.45) is 3.54. The van der Waals surface area contributed by atoms with Crippen LogP contribution in [0.1, 0.15) is 0 Å². The van der Waals surface area contributed by atoms with E-state index in [0.29, 0.717) is 0 Å². The van der Waals surface area contributed by atoms with Crippen LogP contribution < -0.4 is 0 Å². The van der Waals surface area contributed by atoms with Crippen LogP contribution in [0, 0.1) is 0 Å². The van der Waals surface area contributed by atoms with Gasteiger partial charge in [-0.1, -0.05) is 12.2 Å². The molecule has 6 heavy (non-hydrogen) atoms. The Morgan fingerprint density at radius 2 is 1.67 bits per heavy atom. The van der Waals surface area contributed by atoms with Crippen LogP contribution in [0.3, 0.4) is 0 Å². The van der Waals surface area contributed by atoms with Gasteiger partial charge in [0.25, 0.3) is 0 Å². The van der Waals surface area contributed by atoms with Crippen molar-refractivity contribution in [2.24, 2.45) is 0 Å². The minimum absolute atomic E-state index is 0.269. The van der Waals surface area contributed by atoms with E-state index < -0.39 is 0 Å². The van der Waals surface area contributed by atoms with E-state index in [4.69, 9.17) is 0 Å². The molecule has 0 heterocycles. The summed E-state index contributed by atoms with van der Waals surface area (Å²) < 4.78 is 0. The average Bonchev–Trinajstić information content (AvgIpc) is 1.65. The van der Waals surface area contributed by atoms with Gasteiger partial charge in [-0.15, -0.1) is 13.2 Å². The molecule has 0 aliphatic carbocycles. The lowest BCUT2D eigenvalue weighted by Crippen LogP contribution is -1.74. The molecular formula is C5H7Si. The Morgan fingerprint density at radius 3 is 1.67 bits per heavy atom. The average molecular weight is 95.2 g/mol. The molecule has 0 spiro atoms. The highest BCUT2D eigenvalue weighted by Crippen LogP contribution is 1.96. The van der Waals surface area contributed by atoms with E-state index in [1.165, 1.54) is 0 Å². The van der Waals surface area contributed by atoms with Gasteiger partial charge >= 0.3 is 0 Å². The van der Waals surface area contributed by atoms with Crippen LogP contribution in [0.15, 0.2) is 25.3 Å². The van der Waals surface area contributed by atoms with E-state index in [9.17, 15) is 0 Å². The van der Waals surface area contributed by atoms with Crippen molar-refractivity contribution in [3.63, 3.8) is 0 Å². The molecule has 0 N–H and O–H groups in total. The summed E-state index contributed by atoms with van der Waals surface area (Å²) in [4.78, 5) is 0. The fourth-order valence-corrected chi connectivity index (χ4v) is 0.0962. The Bertz CT molecular complexity index is 49.0. The third kappa shape index (κ3) is 1.97. The molecule has 0 rings (SSSR count). The topological polar surface area (TPSA) is 0 Å². The molecule has 0 aromatic heterocycles. The molecular weight excluding hydrogens is 88.1 g/mol. The summed E-state index contributed by atoms with van der Waals surface area (Å²) >= 11 is 0. The van der Waals surface area contributed by atoms with Gasteiger partial charge in [-0.2, -0.15) is 0 Å². The van der Waals surface area contributed by atoms with Crippen LogP contribution in [0.2, 0.25) is 5.54 Å². The molecule has 1 heteroatoms. The van der Waals surface area contributed by atoms with Crippen LogP contribution in [0.25, 0.3) is 0 Å². The van der Waals surface area contributed by atoms with Crippen molar-refractivity contribution in [2.45, 2.75) is 5.54 Å². The highest BCUT2D eigenvalue weighted by Gasteiger charge is 1.79. The van der Waals surface area contributed by atoms with Gasteiger partial charge in [-0.25, -0.2) is 0 Å². The molecule has 0 unspecified atom stereocenters. The maximum absolute atomic E-state index is 3.51. The van der Waals surface area contributed by atoms with Gasteiger partial charge in [0.1, 0.15) is 0 Å². The number of allylic oxidation sites excluding steroid dienone is 2. The Morgan fingerprint density at radius 1 is 1.33 bits per heavy atom. The number of rotatable bonds is 2. The summed E-state index contributed by atoms with van der Waals surface area (Å²) in [6, 6.07) is 0. The first kappa shape index (κ1) is 5.70. The van der Waals surface area contributed by atoms with E-state index in [1.807, 2.05) is 0 Å². The zero-order valence-corrected chi connectivity index (χ0v) is 4.65. The fraction of sp³-hybridized carbons (Fsp3) is 0.200. The summed E-state index contributed by atoms with van der Waals surface area (Å²) in [5.74, 6) is 0. The predicted octanol–water partition coefficient (Wildman–Crippen LogP) is 1.32. The summed E-state index contributed by atoms with van der Waals surface area (Å²) in [5, 5.41) is 0. The Hall–Kier alpha value is -0.303. The summed E-state index contributed by atoms with van der Waals surface area (Å²) in [7, 11) is 3.28. The lowest BCUT2D eigenvalue weighted by molar-refractivity contribution is 1.40. The molecule has 0 aliphatic rings. The SMILES string of the molecule is C=CC([Si])C=C. The summed E-state index contributed by atoms with van der Waals surface area (Å²) in [6.45, 7) is 7.02. The lowest BCUT2D eigenvalue weighted by Gasteiger charge is -1.87. The van der Waals surface area contributed by atoms with Crippen LogP contribution in [-0.4, -0.2) is 10.2 Å². The van der Waals surface area contributed by atoms with Crippen molar-refractivity contribution in [3.8, 4) is 0 Å². The van der Waals surface area contributed by atoms with Crippen LogP contribution in [0.5, 0.6) is 0 Å². The van der Waals surface area contributed by atoms with E-state index in [0.717, 1.165) is 0 Å². The molecule has 0 atom stereocenters. The predicted molar refractivity (Wildman–Crippen MR) is 29.9 cm³/mol. The van der Waals surface area contributed by atoms with Crippen molar-refractivity contribution in [3.05, 3.63) is 25.3 Å². The maximum atomic E-state index is 3.51. The lowest BCUT2D eigenvalue weighted by atomic mass is 10.4. The van der Waals surface area contributed by atoms with E-state index in [1.54, 1.807) is 12.2 Å². The smallest absolute Gasteiger partial charge is 0.0379 e. The molecule has 0 aromatic carbocycles. The van der Waals surface area contributed by atoms with Crippen LogP contribution >= 0.6 is 0 Å². The third-order valence-electron chi connectivity index (χ3n) is 0.508. The van der Waals surface area contributed by atoms with Gasteiger partial charge in [0.05, 0.1) is 0 Å². The second-order valence-corrected chi connectivity index (χ2v) is 1.66. The summed E-state index contributed by atoms with van der Waals surface area (Å²) in [5.41, 5.74) is 0.269. The molecule has 0 saturated carbocycles. The first-order valence-corrected chi connectivity index (χ1v) is 2.35. The molecule has 0 amide bonds. The van der Waals surface area contributed by atoms with Gasteiger partial charge in [-0.3, -0.25) is 0 Å². The highest BCUT2D eigenvalue weighted by molar-refractivity contribution is 6.14. The highest BCUT2D eigenvalue weighted by atomic mass is 28.1. The van der Waals surface area contributed by atoms with Crippen molar-refractivity contribution in [1.29, 1.82) is 0 Å². The van der Waals surface area contributed by atoms with Crippen molar-refractivity contribution >= 4 is 10.2 Å². The van der Waals surface area contributed by atoms with Gasteiger partial charge in [0.2, 0.25) is 0 Å². The standard InChI is InChI=1S/C5H7Si/c1-3-5(6)4-2/h3-5H,1-2H2. The molecule has 0 bridgehead atoms. The van der Waals surface area contributed by atoms with Gasteiger partial charge in [0.15, 0.2) is 0 Å². The Balaban J connectivity index is 3.21. The van der Waals surface area contributed by atoms with Crippen LogP contribution in [-0.2, 0) is 0 Å². The largest absolute Gasteiger partial charge is 0.103 e. The normalized spacial score (nSPS) is 8.33. The van der Waals surface area contributed by atoms with E-state index >= 15 is 0 Å². The van der Waals surface area contributed by atoms with Crippen molar-refractivity contribution in [1.82, 2.24) is 0 Å². The molecule has 0 fully saturated rings. The Labute approximate surface area is 42.0 Å². The zero-order chi connectivity index (χ0) is 4.99. The van der Waals surface area contributed by atoms with Crippen LogP contribution in [0.4, 0.5) is 0 Å². The Kier molecular flexibility index (Phi) is 2.76. The van der Waals surface area contributed by atoms with E-state index in [-0.39, 0.29) is 5.54 Å². The molecule has 31 valence electrons. The molecule has 0 aliphatic heterocycles. The van der Waals surface area contributed by atoms with Gasteiger partial charge < -0.3 is 0 Å². The first-order valence-electron chi connectivity index (χ1n) is 1.77. The quantitative estimate of drug-likeness (QED) is 0.358. The molecule has 0 saturated heterocycles. The minimum atomic E-state index is 0.269. The molecule has 3 radical (unpaired) electrons. The van der Waals surface area contributed by atoms with Crippen molar-refractivity contribution in [2.75, 3.05) is 0 Å². The third-order valence-corrected chi connectivity index (χ3v) is 0.979. The number of hydrogen-bond acceptors (Lipinski definition) is 0. The number of hydrogen-bond donors (Lipinski definition) is 0. The fourth-order valence-electron chi connectivity index (χ4n) is 0.0962. The molecule has 0 nitrogen and oxygen atoms in total. The van der Waals surface area contributed by atoms with E-state index in [2.05, 4.69) is 23.4 Å². The second-order valence-electron chi connectivity index (χ2n) is 0.997. The van der Waals surface area contributed by atoms with Crippen molar-refractivity contribution < 1.29 is 0 Å². The molecule has 0 aromatic rings. The zero-order valence-electron chi connectivity index (χ0n) is 3.65. The first-order chi connectivity index (χ1) is 2.81. The minimum Gasteiger partial charge on any atom is -0.103 e. The van der Waals surface area contributed by atoms with Gasteiger partial charge in [-0.05, 0) is 5.54 Å². The maximum Gasteiger partial charge on any atom is 0.0379 e. The van der Waals surface area contributed by atoms with Gasteiger partial charge in [0, 0.05) is 10.2 Å².